The second-order valence-corrected chi connectivity index (χ2v) is 7.27. The van der Waals surface area contributed by atoms with Gasteiger partial charge in [-0.3, -0.25) is 14.3 Å². The minimum Gasteiger partial charge on any atom is -0.489 e. The van der Waals surface area contributed by atoms with E-state index in [1.807, 2.05) is 36.5 Å². The maximum Gasteiger partial charge on any atom is 0.275 e. The number of carbonyl (C=O) groups is 2. The highest BCUT2D eigenvalue weighted by atomic mass is 16.5. The summed E-state index contributed by atoms with van der Waals surface area (Å²) in [6.07, 6.45) is 5.81. The van der Waals surface area contributed by atoms with E-state index in [-0.39, 0.29) is 18.4 Å². The number of aromatic nitrogens is 2. The Labute approximate surface area is 167 Å². The van der Waals surface area contributed by atoms with Crippen LogP contribution in [0.25, 0.3) is 0 Å². The second kappa shape index (κ2) is 6.80. The van der Waals surface area contributed by atoms with Gasteiger partial charge in [0.25, 0.3) is 11.8 Å². The number of carbonyl (C=O) groups excluding carboxylic acids is 2. The molecule has 1 aromatic carbocycles. The van der Waals surface area contributed by atoms with E-state index in [1.54, 1.807) is 34.1 Å². The number of anilines is 1. The predicted molar refractivity (Wildman–Crippen MR) is 104 cm³/mol. The number of furan rings is 1. The van der Waals surface area contributed by atoms with Crippen molar-refractivity contribution in [2.45, 2.75) is 19.0 Å². The van der Waals surface area contributed by atoms with Gasteiger partial charge in [-0.05, 0) is 24.6 Å². The molecule has 2 amide bonds. The number of nitrogens with zero attached hydrogens (tertiary/aromatic N) is 4. The van der Waals surface area contributed by atoms with Gasteiger partial charge in [-0.2, -0.15) is 5.10 Å². The van der Waals surface area contributed by atoms with Crippen LogP contribution in [-0.2, 0) is 17.8 Å². The van der Waals surface area contributed by atoms with Gasteiger partial charge in [0.05, 0.1) is 24.8 Å². The van der Waals surface area contributed by atoms with E-state index in [0.717, 1.165) is 11.1 Å². The average molecular weight is 392 g/mol. The Morgan fingerprint density at radius 2 is 2.07 bits per heavy atom. The van der Waals surface area contributed by atoms with Crippen molar-refractivity contribution in [3.63, 3.8) is 0 Å². The third kappa shape index (κ3) is 2.97. The van der Waals surface area contributed by atoms with Gasteiger partial charge in [-0.1, -0.05) is 12.1 Å². The van der Waals surface area contributed by atoms with Gasteiger partial charge in [-0.25, -0.2) is 0 Å². The van der Waals surface area contributed by atoms with Crippen LogP contribution in [-0.4, -0.2) is 52.7 Å². The molecule has 0 radical (unpaired) electrons. The molecule has 0 saturated heterocycles. The van der Waals surface area contributed by atoms with Crippen molar-refractivity contribution in [3.05, 3.63) is 65.9 Å². The molecule has 0 unspecified atom stereocenters. The first kappa shape index (κ1) is 17.5. The molecule has 0 bridgehead atoms. The largest absolute Gasteiger partial charge is 0.489 e. The molecule has 0 aliphatic carbocycles. The molecule has 2 aliphatic heterocycles. The number of ether oxygens (including phenoxy) is 1. The first-order valence-corrected chi connectivity index (χ1v) is 9.49. The fraction of sp³-hybridized carbons (Fsp3) is 0.286. The summed E-state index contributed by atoms with van der Waals surface area (Å²) in [4.78, 5) is 29.4. The lowest BCUT2D eigenvalue weighted by molar-refractivity contribution is -0.123. The van der Waals surface area contributed by atoms with E-state index in [1.165, 1.54) is 0 Å². The van der Waals surface area contributed by atoms with Crippen LogP contribution in [0.1, 0.15) is 21.6 Å². The third-order valence-electron chi connectivity index (χ3n) is 5.46. The van der Waals surface area contributed by atoms with Crippen molar-refractivity contribution < 1.29 is 18.7 Å². The molecule has 3 aromatic rings. The van der Waals surface area contributed by atoms with Crippen LogP contribution < -0.4 is 9.64 Å². The first-order valence-electron chi connectivity index (χ1n) is 9.49. The highest BCUT2D eigenvalue weighted by molar-refractivity contribution is 6.03. The van der Waals surface area contributed by atoms with Gasteiger partial charge in [0.15, 0.2) is 5.69 Å². The zero-order valence-corrected chi connectivity index (χ0v) is 15.9. The summed E-state index contributed by atoms with van der Waals surface area (Å²) < 4.78 is 12.7. The summed E-state index contributed by atoms with van der Waals surface area (Å²) in [6.45, 7) is 1.10. The Kier molecular flexibility index (Phi) is 4.12. The van der Waals surface area contributed by atoms with E-state index in [2.05, 4.69) is 5.10 Å². The van der Waals surface area contributed by atoms with Crippen molar-refractivity contribution in [1.29, 1.82) is 0 Å². The molecular weight excluding hydrogens is 372 g/mol. The number of hydrogen-bond acceptors (Lipinski definition) is 5. The number of para-hydroxylation sites is 2. The lowest BCUT2D eigenvalue weighted by Gasteiger charge is -2.33. The molecule has 0 fully saturated rings. The fourth-order valence-electron chi connectivity index (χ4n) is 3.91. The van der Waals surface area contributed by atoms with Gasteiger partial charge in [0, 0.05) is 30.9 Å². The molecule has 0 N–H and O–H groups in total. The van der Waals surface area contributed by atoms with Crippen molar-refractivity contribution in [1.82, 2.24) is 14.7 Å². The molecule has 0 spiro atoms. The summed E-state index contributed by atoms with van der Waals surface area (Å²) in [7, 11) is 1.71. The molecule has 8 nitrogen and oxygen atoms in total. The molecule has 0 saturated carbocycles. The van der Waals surface area contributed by atoms with Crippen LogP contribution in [0, 0.1) is 0 Å². The monoisotopic (exact) mass is 392 g/mol. The van der Waals surface area contributed by atoms with E-state index in [4.69, 9.17) is 9.15 Å². The van der Waals surface area contributed by atoms with Crippen LogP contribution in [0.15, 0.2) is 53.5 Å². The summed E-state index contributed by atoms with van der Waals surface area (Å²) in [5.74, 6) is 0.239. The fourth-order valence-corrected chi connectivity index (χ4v) is 3.91. The maximum atomic E-state index is 13.2. The predicted octanol–water partition coefficient (Wildman–Crippen LogP) is 1.95. The van der Waals surface area contributed by atoms with Crippen LogP contribution in [0.5, 0.6) is 5.75 Å². The smallest absolute Gasteiger partial charge is 0.275 e. The van der Waals surface area contributed by atoms with Gasteiger partial charge in [0.2, 0.25) is 0 Å². The molecule has 29 heavy (non-hydrogen) atoms. The van der Waals surface area contributed by atoms with E-state index in [0.29, 0.717) is 36.6 Å². The Bertz CT molecular complexity index is 1070. The summed E-state index contributed by atoms with van der Waals surface area (Å²) in [6, 6.07) is 8.56. The minimum absolute atomic E-state index is 0.122. The van der Waals surface area contributed by atoms with Crippen molar-refractivity contribution in [2.75, 3.05) is 25.1 Å². The van der Waals surface area contributed by atoms with Gasteiger partial charge in [-0.15, -0.1) is 0 Å². The Morgan fingerprint density at radius 1 is 1.21 bits per heavy atom. The number of fused-ring (bicyclic) bond motifs is 2. The van der Waals surface area contributed by atoms with Gasteiger partial charge >= 0.3 is 0 Å². The maximum absolute atomic E-state index is 13.2. The number of rotatable bonds is 3. The summed E-state index contributed by atoms with van der Waals surface area (Å²) >= 11 is 0. The van der Waals surface area contributed by atoms with Crippen LogP contribution in [0.4, 0.5) is 5.69 Å². The molecule has 2 aromatic heterocycles. The van der Waals surface area contributed by atoms with Gasteiger partial charge < -0.3 is 19.0 Å². The normalized spacial score (nSPS) is 18.9. The second-order valence-electron chi connectivity index (χ2n) is 7.27. The van der Waals surface area contributed by atoms with E-state index >= 15 is 0 Å². The summed E-state index contributed by atoms with van der Waals surface area (Å²) in [5, 5.41) is 4.48. The van der Waals surface area contributed by atoms with Crippen molar-refractivity contribution in [2.24, 2.45) is 0 Å². The average Bonchev–Trinajstić information content (AvgIpc) is 3.37. The number of benzene rings is 1. The molecular formula is C21H20N4O4. The quantitative estimate of drug-likeness (QED) is 0.681. The van der Waals surface area contributed by atoms with Crippen molar-refractivity contribution in [3.8, 4) is 5.75 Å². The van der Waals surface area contributed by atoms with E-state index < -0.39 is 6.04 Å². The Morgan fingerprint density at radius 3 is 2.90 bits per heavy atom. The van der Waals surface area contributed by atoms with Gasteiger partial charge in [0.1, 0.15) is 18.4 Å². The standard InChI is InChI=1S/C21H20N4O4/c1-23-16-4-2-3-5-18(16)29-13-17(20(23)26)25-8-6-15-11-24(22-19(15)21(25)27)10-14-7-9-28-12-14/h2-5,7,9,11-12,17H,6,8,10,13H2,1H3/t17-/m0/s1. The molecule has 148 valence electrons. The first-order chi connectivity index (χ1) is 14.1. The van der Waals surface area contributed by atoms with Crippen LogP contribution in [0.2, 0.25) is 0 Å². The zero-order chi connectivity index (χ0) is 20.0. The highest BCUT2D eigenvalue weighted by Crippen LogP contribution is 2.32. The third-order valence-corrected chi connectivity index (χ3v) is 5.46. The number of amides is 2. The Balaban J connectivity index is 1.40. The molecule has 5 rings (SSSR count). The summed E-state index contributed by atoms with van der Waals surface area (Å²) in [5.41, 5.74) is 2.97. The van der Waals surface area contributed by atoms with Crippen LogP contribution in [0.3, 0.4) is 0 Å². The lowest BCUT2D eigenvalue weighted by atomic mass is 10.0. The van der Waals surface area contributed by atoms with E-state index in [9.17, 15) is 9.59 Å². The molecule has 2 aliphatic rings. The Hall–Kier alpha value is -3.55. The zero-order valence-electron chi connectivity index (χ0n) is 15.9. The SMILES string of the molecule is CN1C(=O)[C@@H](N2CCc3cn(Cc4ccoc4)nc3C2=O)COc2ccccc21. The lowest BCUT2D eigenvalue weighted by Crippen LogP contribution is -2.54. The van der Waals surface area contributed by atoms with Crippen LogP contribution >= 0.6 is 0 Å². The molecule has 1 atom stereocenters. The van der Waals surface area contributed by atoms with Crippen molar-refractivity contribution >= 4 is 17.5 Å². The molecule has 8 heteroatoms. The highest BCUT2D eigenvalue weighted by Gasteiger charge is 2.39. The minimum atomic E-state index is -0.688. The molecule has 4 heterocycles. The topological polar surface area (TPSA) is 80.8 Å². The number of likely N-dealkylation sites (N-methyl/N-ethyl adjacent to an activating group) is 1. The number of hydrogen-bond donors (Lipinski definition) is 0.